The zero-order valence-corrected chi connectivity index (χ0v) is 10.3. The van der Waals surface area contributed by atoms with Gasteiger partial charge in [0.05, 0.1) is 7.11 Å². The second-order valence-electron chi connectivity index (χ2n) is 4.04. The SMILES string of the molecule is COC(=O)C(CC(C)C)NC(=O)OCC(F)(F)F. The first kappa shape index (κ1) is 16.5. The summed E-state index contributed by atoms with van der Waals surface area (Å²) in [6.07, 6.45) is -5.66. The minimum absolute atomic E-state index is 0.0528. The average Bonchev–Trinajstić information content (AvgIpc) is 2.22. The minimum Gasteiger partial charge on any atom is -0.467 e. The van der Waals surface area contributed by atoms with Crippen molar-refractivity contribution in [2.45, 2.75) is 32.5 Å². The number of esters is 1. The van der Waals surface area contributed by atoms with Gasteiger partial charge >= 0.3 is 18.2 Å². The molecule has 0 aromatic carbocycles. The molecule has 0 radical (unpaired) electrons. The highest BCUT2D eigenvalue weighted by Crippen LogP contribution is 2.14. The number of carbonyl (C=O) groups excluding carboxylic acids is 2. The third kappa shape index (κ3) is 7.75. The van der Waals surface area contributed by atoms with Crippen LogP contribution in [0.2, 0.25) is 0 Å². The van der Waals surface area contributed by atoms with Gasteiger partial charge in [0.15, 0.2) is 6.61 Å². The Kier molecular flexibility index (Phi) is 6.50. The summed E-state index contributed by atoms with van der Waals surface area (Å²) >= 11 is 0. The van der Waals surface area contributed by atoms with Gasteiger partial charge in [-0.05, 0) is 12.3 Å². The predicted molar refractivity (Wildman–Crippen MR) is 55.8 cm³/mol. The van der Waals surface area contributed by atoms with Crippen molar-refractivity contribution >= 4 is 12.1 Å². The van der Waals surface area contributed by atoms with Gasteiger partial charge in [0, 0.05) is 0 Å². The van der Waals surface area contributed by atoms with Crippen molar-refractivity contribution in [3.05, 3.63) is 0 Å². The van der Waals surface area contributed by atoms with E-state index in [1.54, 1.807) is 13.8 Å². The molecule has 0 saturated carbocycles. The number of alkyl halides is 3. The van der Waals surface area contributed by atoms with Gasteiger partial charge in [-0.25, -0.2) is 9.59 Å². The number of halogens is 3. The Bertz CT molecular complexity index is 291. The molecule has 1 N–H and O–H groups in total. The van der Waals surface area contributed by atoms with E-state index in [1.165, 1.54) is 0 Å². The van der Waals surface area contributed by atoms with E-state index in [0.29, 0.717) is 0 Å². The number of amides is 1. The molecule has 0 aliphatic carbocycles. The lowest BCUT2D eigenvalue weighted by Gasteiger charge is -2.18. The second kappa shape index (κ2) is 7.07. The summed E-state index contributed by atoms with van der Waals surface area (Å²) in [6.45, 7) is 1.88. The van der Waals surface area contributed by atoms with Gasteiger partial charge in [0.1, 0.15) is 6.04 Å². The molecule has 0 saturated heterocycles. The number of rotatable bonds is 5. The molecule has 8 heteroatoms. The van der Waals surface area contributed by atoms with E-state index in [2.05, 4.69) is 9.47 Å². The van der Waals surface area contributed by atoms with Crippen LogP contribution in [0.4, 0.5) is 18.0 Å². The Hall–Kier alpha value is -1.47. The average molecular weight is 271 g/mol. The molecular formula is C10H16F3NO4. The van der Waals surface area contributed by atoms with Crippen LogP contribution >= 0.6 is 0 Å². The van der Waals surface area contributed by atoms with E-state index >= 15 is 0 Å². The van der Waals surface area contributed by atoms with Crippen molar-refractivity contribution in [1.82, 2.24) is 5.32 Å². The summed E-state index contributed by atoms with van der Waals surface area (Å²) in [7, 11) is 1.12. The first-order chi connectivity index (χ1) is 8.15. The van der Waals surface area contributed by atoms with E-state index in [0.717, 1.165) is 7.11 Å². The Morgan fingerprint density at radius 1 is 1.28 bits per heavy atom. The molecule has 0 heterocycles. The molecule has 106 valence electrons. The van der Waals surface area contributed by atoms with Gasteiger partial charge in [0.25, 0.3) is 0 Å². The largest absolute Gasteiger partial charge is 0.467 e. The van der Waals surface area contributed by atoms with E-state index in [4.69, 9.17) is 0 Å². The highest BCUT2D eigenvalue weighted by molar-refractivity contribution is 5.81. The summed E-state index contributed by atoms with van der Waals surface area (Å²) in [4.78, 5) is 22.3. The smallest absolute Gasteiger partial charge is 0.422 e. The summed E-state index contributed by atoms with van der Waals surface area (Å²) < 4.78 is 43.7. The van der Waals surface area contributed by atoms with Crippen LogP contribution in [0.25, 0.3) is 0 Å². The van der Waals surface area contributed by atoms with Gasteiger partial charge < -0.3 is 14.8 Å². The summed E-state index contributed by atoms with van der Waals surface area (Å²) in [5.74, 6) is -0.676. The molecule has 5 nitrogen and oxygen atoms in total. The Balaban J connectivity index is 4.31. The number of carbonyl (C=O) groups is 2. The van der Waals surface area contributed by atoms with E-state index in [9.17, 15) is 22.8 Å². The van der Waals surface area contributed by atoms with E-state index < -0.39 is 30.9 Å². The fourth-order valence-electron chi connectivity index (χ4n) is 1.16. The van der Waals surface area contributed by atoms with Crippen LogP contribution in [0, 0.1) is 5.92 Å². The molecule has 1 atom stereocenters. The monoisotopic (exact) mass is 271 g/mol. The number of hydrogen-bond acceptors (Lipinski definition) is 4. The van der Waals surface area contributed by atoms with Crippen molar-refractivity contribution in [1.29, 1.82) is 0 Å². The topological polar surface area (TPSA) is 64.6 Å². The van der Waals surface area contributed by atoms with Gasteiger partial charge in [-0.1, -0.05) is 13.8 Å². The van der Waals surface area contributed by atoms with Crippen LogP contribution in [0.5, 0.6) is 0 Å². The first-order valence-electron chi connectivity index (χ1n) is 5.23. The third-order valence-electron chi connectivity index (χ3n) is 1.85. The highest BCUT2D eigenvalue weighted by atomic mass is 19.4. The third-order valence-corrected chi connectivity index (χ3v) is 1.85. The van der Waals surface area contributed by atoms with E-state index in [-0.39, 0.29) is 12.3 Å². The zero-order valence-electron chi connectivity index (χ0n) is 10.3. The molecule has 0 fully saturated rings. The van der Waals surface area contributed by atoms with E-state index in [1.807, 2.05) is 5.32 Å². The van der Waals surface area contributed by atoms with Crippen LogP contribution in [0.1, 0.15) is 20.3 Å². The lowest BCUT2D eigenvalue weighted by Crippen LogP contribution is -2.43. The number of hydrogen-bond donors (Lipinski definition) is 1. The molecule has 0 rings (SSSR count). The molecule has 18 heavy (non-hydrogen) atoms. The van der Waals surface area contributed by atoms with Crippen LogP contribution in [-0.4, -0.2) is 38.0 Å². The van der Waals surface area contributed by atoms with Crippen LogP contribution in [-0.2, 0) is 14.3 Å². The van der Waals surface area contributed by atoms with Gasteiger partial charge in [-0.15, -0.1) is 0 Å². The quantitative estimate of drug-likeness (QED) is 0.775. The normalized spacial score (nSPS) is 13.1. The van der Waals surface area contributed by atoms with Gasteiger partial charge in [-0.2, -0.15) is 13.2 Å². The molecule has 1 unspecified atom stereocenters. The molecular weight excluding hydrogens is 255 g/mol. The summed E-state index contributed by atoms with van der Waals surface area (Å²) in [5.41, 5.74) is 0. The van der Waals surface area contributed by atoms with Crippen molar-refractivity contribution in [3.8, 4) is 0 Å². The lowest BCUT2D eigenvalue weighted by molar-refractivity contribution is -0.160. The van der Waals surface area contributed by atoms with Crippen LogP contribution < -0.4 is 5.32 Å². The molecule has 0 aliphatic heterocycles. The molecule has 0 aliphatic rings. The molecule has 0 spiro atoms. The summed E-state index contributed by atoms with van der Waals surface area (Å²) in [5, 5.41) is 2.04. The highest BCUT2D eigenvalue weighted by Gasteiger charge is 2.31. The fraction of sp³-hybridized carbons (Fsp3) is 0.800. The predicted octanol–water partition coefficient (Wildman–Crippen LogP) is 1.86. The fourth-order valence-corrected chi connectivity index (χ4v) is 1.16. The van der Waals surface area contributed by atoms with Gasteiger partial charge in [0.2, 0.25) is 0 Å². The molecule has 0 bridgehead atoms. The maximum atomic E-state index is 11.8. The number of methoxy groups -OCH3 is 1. The van der Waals surface area contributed by atoms with Crippen molar-refractivity contribution in [3.63, 3.8) is 0 Å². The number of alkyl carbamates (subject to hydrolysis) is 1. The van der Waals surface area contributed by atoms with Crippen molar-refractivity contribution in [2.24, 2.45) is 5.92 Å². The number of nitrogens with one attached hydrogen (secondary N) is 1. The second-order valence-corrected chi connectivity index (χ2v) is 4.04. The maximum absolute atomic E-state index is 11.8. The molecule has 0 aromatic rings. The number of ether oxygens (including phenoxy) is 2. The maximum Gasteiger partial charge on any atom is 0.422 e. The molecule has 0 aromatic heterocycles. The van der Waals surface area contributed by atoms with Crippen LogP contribution in [0.3, 0.4) is 0 Å². The van der Waals surface area contributed by atoms with Crippen molar-refractivity contribution < 1.29 is 32.2 Å². The molecule has 1 amide bonds. The zero-order chi connectivity index (χ0) is 14.3. The Morgan fingerprint density at radius 2 is 1.83 bits per heavy atom. The first-order valence-corrected chi connectivity index (χ1v) is 5.23. The lowest BCUT2D eigenvalue weighted by atomic mass is 10.0. The minimum atomic E-state index is -4.60. The standard InChI is InChI=1S/C10H16F3NO4/c1-6(2)4-7(8(15)17-3)14-9(16)18-5-10(11,12)13/h6-7H,4-5H2,1-3H3,(H,14,16). The van der Waals surface area contributed by atoms with Gasteiger partial charge in [-0.3, -0.25) is 0 Å². The van der Waals surface area contributed by atoms with Crippen molar-refractivity contribution in [2.75, 3.05) is 13.7 Å². The Morgan fingerprint density at radius 3 is 2.22 bits per heavy atom. The summed E-state index contributed by atoms with van der Waals surface area (Å²) in [6, 6.07) is -1.02. The Labute approximate surface area is 103 Å². The van der Waals surface area contributed by atoms with Crippen LogP contribution in [0.15, 0.2) is 0 Å².